The molecule has 0 spiro atoms. The summed E-state index contributed by atoms with van der Waals surface area (Å²) in [6.45, 7) is 7.89. The van der Waals surface area contributed by atoms with E-state index in [1.165, 1.54) is 0 Å². The van der Waals surface area contributed by atoms with Crippen LogP contribution in [-0.4, -0.2) is 61.6 Å². The monoisotopic (exact) mass is 469 g/mol. The Morgan fingerprint density at radius 3 is 2.46 bits per heavy atom. The van der Waals surface area contributed by atoms with Crippen LogP contribution in [0.2, 0.25) is 0 Å². The summed E-state index contributed by atoms with van der Waals surface area (Å²) in [7, 11) is 1.72. The lowest BCUT2D eigenvalue weighted by atomic mass is 9.91. The normalized spacial score (nSPS) is 19.9. The Balaban J connectivity index is 0.00000312. The smallest absolute Gasteiger partial charge is 0.247 e. The van der Waals surface area contributed by atoms with Crippen molar-refractivity contribution in [3.63, 3.8) is 0 Å². The van der Waals surface area contributed by atoms with Crippen LogP contribution in [-0.2, 0) is 15.1 Å². The maximum atomic E-state index is 13.0. The number of halogens is 3. The summed E-state index contributed by atoms with van der Waals surface area (Å²) in [4.78, 5) is 17.4. The molecule has 0 radical (unpaired) electrons. The van der Waals surface area contributed by atoms with Gasteiger partial charge in [-0.1, -0.05) is 35.0 Å². The molecule has 150 valence electrons. The highest BCUT2D eigenvalue weighted by Gasteiger charge is 2.37. The van der Waals surface area contributed by atoms with Gasteiger partial charge in [0.25, 0.3) is 0 Å². The topological polar surface area (TPSA) is 58.8 Å². The van der Waals surface area contributed by atoms with Crippen LogP contribution in [0.4, 0.5) is 0 Å². The molecule has 1 aromatic carbocycles. The number of nitrogens with zero attached hydrogens (tertiary/aromatic N) is 2. The lowest BCUT2D eigenvalue weighted by Crippen LogP contribution is -2.60. The first-order valence-electron chi connectivity index (χ1n) is 8.47. The van der Waals surface area contributed by atoms with Gasteiger partial charge in [0.15, 0.2) is 0 Å². The van der Waals surface area contributed by atoms with Gasteiger partial charge in [-0.3, -0.25) is 9.69 Å². The van der Waals surface area contributed by atoms with Crippen molar-refractivity contribution in [3.8, 4) is 0 Å². The first-order chi connectivity index (χ1) is 11.4. The number of methoxy groups -OCH3 is 1. The van der Waals surface area contributed by atoms with Gasteiger partial charge < -0.3 is 15.4 Å². The maximum absolute atomic E-state index is 13.0. The van der Waals surface area contributed by atoms with Crippen molar-refractivity contribution in [2.45, 2.75) is 31.8 Å². The third-order valence-corrected chi connectivity index (χ3v) is 5.36. The lowest BCUT2D eigenvalue weighted by molar-refractivity contribution is -0.140. The minimum absolute atomic E-state index is 0. The molecule has 1 amide bonds. The van der Waals surface area contributed by atoms with E-state index in [4.69, 9.17) is 10.5 Å². The van der Waals surface area contributed by atoms with E-state index in [0.717, 1.165) is 42.7 Å². The summed E-state index contributed by atoms with van der Waals surface area (Å²) in [5.41, 5.74) is 6.26. The van der Waals surface area contributed by atoms with Crippen molar-refractivity contribution in [2.24, 2.45) is 5.73 Å². The Bertz CT molecular complexity index is 558. The third-order valence-electron chi connectivity index (χ3n) is 4.83. The van der Waals surface area contributed by atoms with Gasteiger partial charge in [0, 0.05) is 43.8 Å². The molecule has 1 aliphatic rings. The molecule has 5 nitrogen and oxygen atoms in total. The lowest BCUT2D eigenvalue weighted by Gasteiger charge is -2.43. The van der Waals surface area contributed by atoms with E-state index in [9.17, 15) is 4.79 Å². The van der Waals surface area contributed by atoms with E-state index < -0.39 is 5.54 Å². The second kappa shape index (κ2) is 11.5. The molecule has 0 aliphatic carbocycles. The van der Waals surface area contributed by atoms with Crippen LogP contribution in [0.25, 0.3) is 0 Å². The molecule has 1 fully saturated rings. The minimum atomic E-state index is -1.01. The van der Waals surface area contributed by atoms with Gasteiger partial charge in [-0.25, -0.2) is 0 Å². The summed E-state index contributed by atoms with van der Waals surface area (Å²) < 4.78 is 6.17. The van der Waals surface area contributed by atoms with E-state index in [-0.39, 0.29) is 30.7 Å². The zero-order valence-electron chi connectivity index (χ0n) is 15.6. The van der Waals surface area contributed by atoms with Crippen LogP contribution >= 0.6 is 40.7 Å². The van der Waals surface area contributed by atoms with Gasteiger partial charge in [0.05, 0.1) is 6.61 Å². The number of ether oxygens (including phenoxy) is 1. The van der Waals surface area contributed by atoms with Gasteiger partial charge in [0.2, 0.25) is 5.91 Å². The molecule has 0 saturated carbocycles. The van der Waals surface area contributed by atoms with Crippen molar-refractivity contribution in [1.29, 1.82) is 0 Å². The molecule has 8 heteroatoms. The maximum Gasteiger partial charge on any atom is 0.247 e. The number of nitrogens with two attached hydrogens (primary N) is 1. The molecule has 2 rings (SSSR count). The Morgan fingerprint density at radius 2 is 1.92 bits per heavy atom. The average molecular weight is 471 g/mol. The Labute approximate surface area is 177 Å². The van der Waals surface area contributed by atoms with Gasteiger partial charge in [-0.05, 0) is 31.0 Å². The van der Waals surface area contributed by atoms with Crippen LogP contribution in [0.15, 0.2) is 28.7 Å². The Hall–Kier alpha value is -0.370. The second-order valence-corrected chi connectivity index (χ2v) is 7.47. The zero-order valence-corrected chi connectivity index (χ0v) is 18.8. The first kappa shape index (κ1) is 25.6. The first-order valence-corrected chi connectivity index (χ1v) is 9.26. The van der Waals surface area contributed by atoms with E-state index in [0.29, 0.717) is 12.6 Å². The molecule has 0 bridgehead atoms. The van der Waals surface area contributed by atoms with Crippen LogP contribution < -0.4 is 5.73 Å². The highest BCUT2D eigenvalue weighted by atomic mass is 79.9. The molecule has 1 heterocycles. The van der Waals surface area contributed by atoms with Crippen molar-refractivity contribution >= 4 is 46.7 Å². The number of hydrogen-bond acceptors (Lipinski definition) is 4. The van der Waals surface area contributed by atoms with Crippen LogP contribution in [0.3, 0.4) is 0 Å². The summed E-state index contributed by atoms with van der Waals surface area (Å²) >= 11 is 3.42. The van der Waals surface area contributed by atoms with Gasteiger partial charge in [-0.2, -0.15) is 0 Å². The summed E-state index contributed by atoms with van der Waals surface area (Å²) in [5.74, 6) is -0.00494. The molecular formula is C18H30BrCl2N3O2. The van der Waals surface area contributed by atoms with Crippen LogP contribution in [0.1, 0.15) is 25.8 Å². The molecule has 1 saturated heterocycles. The van der Waals surface area contributed by atoms with Crippen molar-refractivity contribution in [1.82, 2.24) is 9.80 Å². The number of carbonyl (C=O) groups is 1. The third kappa shape index (κ3) is 6.08. The van der Waals surface area contributed by atoms with Crippen molar-refractivity contribution < 1.29 is 9.53 Å². The zero-order chi connectivity index (χ0) is 17.7. The number of amides is 1. The predicted octanol–water partition coefficient (Wildman–Crippen LogP) is 3.04. The molecule has 2 N–H and O–H groups in total. The quantitative estimate of drug-likeness (QED) is 0.694. The number of hydrogen-bond donors (Lipinski definition) is 1. The molecule has 1 aromatic rings. The minimum Gasteiger partial charge on any atom is -0.383 e. The van der Waals surface area contributed by atoms with Crippen molar-refractivity contribution in [3.05, 3.63) is 34.3 Å². The SMILES string of the molecule is CCC1CN(C(=O)C(C)(N)c2ccc(Br)cc2)CCN1CCOC.Cl.Cl. The van der Waals surface area contributed by atoms with Gasteiger partial charge >= 0.3 is 0 Å². The summed E-state index contributed by atoms with van der Waals surface area (Å²) in [6, 6.07) is 8.03. The van der Waals surface area contributed by atoms with Crippen LogP contribution in [0, 0.1) is 0 Å². The Kier molecular flexibility index (Phi) is 11.3. The predicted molar refractivity (Wildman–Crippen MR) is 114 cm³/mol. The van der Waals surface area contributed by atoms with E-state index in [2.05, 4.69) is 27.8 Å². The fourth-order valence-corrected chi connectivity index (χ4v) is 3.48. The molecule has 26 heavy (non-hydrogen) atoms. The second-order valence-electron chi connectivity index (χ2n) is 6.55. The fourth-order valence-electron chi connectivity index (χ4n) is 3.22. The largest absolute Gasteiger partial charge is 0.383 e. The van der Waals surface area contributed by atoms with E-state index in [1.54, 1.807) is 14.0 Å². The van der Waals surface area contributed by atoms with E-state index in [1.807, 2.05) is 29.2 Å². The van der Waals surface area contributed by atoms with Gasteiger partial charge in [-0.15, -0.1) is 24.8 Å². The van der Waals surface area contributed by atoms with Crippen LogP contribution in [0.5, 0.6) is 0 Å². The number of rotatable bonds is 6. The number of carbonyl (C=O) groups excluding carboxylic acids is 1. The summed E-state index contributed by atoms with van der Waals surface area (Å²) in [6.07, 6.45) is 1.01. The average Bonchev–Trinajstić information content (AvgIpc) is 2.59. The number of benzene rings is 1. The summed E-state index contributed by atoms with van der Waals surface area (Å²) in [5, 5.41) is 0. The standard InChI is InChI=1S/C18H28BrN3O2.2ClH/c1-4-16-13-22(10-9-21(16)11-12-24-3)17(23)18(2,20)14-5-7-15(19)8-6-14;;/h5-8,16H,4,9-13,20H2,1-3H3;2*1H. The highest BCUT2D eigenvalue weighted by molar-refractivity contribution is 9.10. The molecule has 2 unspecified atom stereocenters. The number of piperazine rings is 1. The molecule has 0 aromatic heterocycles. The molecular weight excluding hydrogens is 441 g/mol. The fraction of sp³-hybridized carbons (Fsp3) is 0.611. The van der Waals surface area contributed by atoms with Gasteiger partial charge in [0.1, 0.15) is 5.54 Å². The van der Waals surface area contributed by atoms with E-state index >= 15 is 0 Å². The highest BCUT2D eigenvalue weighted by Crippen LogP contribution is 2.24. The Morgan fingerprint density at radius 1 is 1.31 bits per heavy atom. The van der Waals surface area contributed by atoms with Crippen molar-refractivity contribution in [2.75, 3.05) is 39.9 Å². The molecule has 2 atom stereocenters. The molecule has 1 aliphatic heterocycles.